The highest BCUT2D eigenvalue weighted by molar-refractivity contribution is 7.89. The molecule has 0 spiro atoms. The number of nitro benzene ring substituents is 1. The van der Waals surface area contributed by atoms with Crippen LogP contribution in [0.15, 0.2) is 41.3 Å². The number of nitro groups is 1. The van der Waals surface area contributed by atoms with Gasteiger partial charge in [-0.15, -0.1) is 0 Å². The number of hydrogen-bond acceptors (Lipinski definition) is 6. The van der Waals surface area contributed by atoms with Gasteiger partial charge in [0.2, 0.25) is 10.0 Å². The fourth-order valence-corrected chi connectivity index (χ4v) is 3.87. The maximum atomic E-state index is 13.9. The molecule has 0 aliphatic carbocycles. The van der Waals surface area contributed by atoms with Gasteiger partial charge in [0, 0.05) is 18.2 Å². The van der Waals surface area contributed by atoms with E-state index in [0.717, 1.165) is 6.07 Å². The van der Waals surface area contributed by atoms with E-state index >= 15 is 0 Å². The van der Waals surface area contributed by atoms with Crippen LogP contribution in [0.5, 0.6) is 5.75 Å². The maximum Gasteiger partial charge on any atom is 0.293 e. The van der Waals surface area contributed by atoms with Crippen LogP contribution in [0.2, 0.25) is 0 Å². The normalized spacial score (nSPS) is 12.6. The Morgan fingerprint density at radius 2 is 1.82 bits per heavy atom. The van der Waals surface area contributed by atoms with Crippen molar-refractivity contribution in [3.05, 3.63) is 57.9 Å². The number of ether oxygens (including phenoxy) is 1. The number of hydrogen-bond donors (Lipinski definition) is 2. The Kier molecular flexibility index (Phi) is 6.57. The topological polar surface area (TPSA) is 111 Å². The summed E-state index contributed by atoms with van der Waals surface area (Å²) in [6.45, 7) is 5.01. The van der Waals surface area contributed by atoms with Gasteiger partial charge in [-0.3, -0.25) is 10.1 Å². The van der Waals surface area contributed by atoms with Gasteiger partial charge in [0.1, 0.15) is 5.69 Å². The predicted molar refractivity (Wildman–Crippen MR) is 104 cm³/mol. The maximum absolute atomic E-state index is 13.9. The lowest BCUT2D eigenvalue weighted by molar-refractivity contribution is -0.384. The van der Waals surface area contributed by atoms with Crippen LogP contribution in [-0.2, 0) is 10.0 Å². The van der Waals surface area contributed by atoms with Crippen LogP contribution in [0.25, 0.3) is 0 Å². The Morgan fingerprint density at radius 3 is 2.36 bits per heavy atom. The van der Waals surface area contributed by atoms with E-state index in [0.29, 0.717) is 5.56 Å². The summed E-state index contributed by atoms with van der Waals surface area (Å²) in [6, 6.07) is 7.14. The van der Waals surface area contributed by atoms with E-state index in [1.54, 1.807) is 26.8 Å². The second-order valence-electron chi connectivity index (χ2n) is 6.47. The molecule has 0 heterocycles. The minimum Gasteiger partial charge on any atom is -0.494 e. The highest BCUT2D eigenvalue weighted by atomic mass is 32.2. The minimum absolute atomic E-state index is 0.0918. The molecule has 0 amide bonds. The molecule has 152 valence electrons. The first-order chi connectivity index (χ1) is 13.0. The molecular formula is C18H22FN3O5S. The molecule has 0 aliphatic heterocycles. The summed E-state index contributed by atoms with van der Waals surface area (Å²) in [5.41, 5.74) is 0.274. The van der Waals surface area contributed by atoms with E-state index in [4.69, 9.17) is 4.74 Å². The first kappa shape index (κ1) is 21.6. The third-order valence-corrected chi connectivity index (χ3v) is 5.57. The molecule has 2 aromatic rings. The summed E-state index contributed by atoms with van der Waals surface area (Å²) >= 11 is 0. The first-order valence-electron chi connectivity index (χ1n) is 8.46. The third-order valence-electron chi connectivity index (χ3n) is 3.91. The fraction of sp³-hybridized carbons (Fsp3) is 0.333. The Morgan fingerprint density at radius 1 is 1.14 bits per heavy atom. The number of methoxy groups -OCH3 is 1. The number of sulfonamides is 1. The molecule has 2 rings (SSSR count). The summed E-state index contributed by atoms with van der Waals surface area (Å²) < 4.78 is 45.7. The molecule has 0 radical (unpaired) electrons. The lowest BCUT2D eigenvalue weighted by Gasteiger charge is -2.17. The zero-order chi connectivity index (χ0) is 21.1. The van der Waals surface area contributed by atoms with Crippen molar-refractivity contribution in [3.63, 3.8) is 0 Å². The number of nitrogens with one attached hydrogen (secondary N) is 2. The van der Waals surface area contributed by atoms with E-state index in [9.17, 15) is 22.9 Å². The molecule has 0 bridgehead atoms. The second kappa shape index (κ2) is 8.53. The van der Waals surface area contributed by atoms with Crippen molar-refractivity contribution < 1.29 is 22.5 Å². The summed E-state index contributed by atoms with van der Waals surface area (Å²) in [4.78, 5) is 10.6. The van der Waals surface area contributed by atoms with E-state index in [-0.39, 0.29) is 22.4 Å². The van der Waals surface area contributed by atoms with Crippen molar-refractivity contribution in [1.82, 2.24) is 4.72 Å². The number of anilines is 1. The first-order valence-corrected chi connectivity index (χ1v) is 9.94. The van der Waals surface area contributed by atoms with Crippen LogP contribution < -0.4 is 14.8 Å². The molecule has 1 atom stereocenters. The summed E-state index contributed by atoms with van der Waals surface area (Å²) in [7, 11) is -2.52. The molecular weight excluding hydrogens is 389 g/mol. The molecule has 0 unspecified atom stereocenters. The van der Waals surface area contributed by atoms with Gasteiger partial charge in [-0.05, 0) is 50.6 Å². The van der Waals surface area contributed by atoms with Gasteiger partial charge >= 0.3 is 0 Å². The number of benzene rings is 2. The van der Waals surface area contributed by atoms with Gasteiger partial charge in [-0.2, -0.15) is 0 Å². The molecule has 28 heavy (non-hydrogen) atoms. The molecule has 0 saturated heterocycles. The standard InChI is InChI=1S/C18H22FN3O5S/c1-11(2)21-28(25,26)14-6-7-16(17(10-14)22(23)24)20-12(3)13-5-8-18(27-4)15(19)9-13/h5-12,20-21H,1-4H3/t12-/m0/s1. The van der Waals surface area contributed by atoms with Gasteiger partial charge < -0.3 is 10.1 Å². The van der Waals surface area contributed by atoms with E-state index < -0.39 is 32.5 Å². The summed E-state index contributed by atoms with van der Waals surface area (Å²) in [5, 5.41) is 14.4. The highest BCUT2D eigenvalue weighted by Gasteiger charge is 2.23. The molecule has 0 fully saturated rings. The Balaban J connectivity index is 2.35. The minimum atomic E-state index is -3.87. The van der Waals surface area contributed by atoms with Gasteiger partial charge in [-0.1, -0.05) is 6.07 Å². The van der Waals surface area contributed by atoms with Crippen molar-refractivity contribution in [3.8, 4) is 5.75 Å². The van der Waals surface area contributed by atoms with Crippen LogP contribution in [0.3, 0.4) is 0 Å². The lowest BCUT2D eigenvalue weighted by atomic mass is 10.1. The number of rotatable bonds is 8. The van der Waals surface area contributed by atoms with Gasteiger partial charge in [0.25, 0.3) is 5.69 Å². The number of nitrogens with zero attached hydrogens (tertiary/aromatic N) is 1. The van der Waals surface area contributed by atoms with Gasteiger partial charge in [-0.25, -0.2) is 17.5 Å². The Bertz CT molecular complexity index is 979. The monoisotopic (exact) mass is 411 g/mol. The molecule has 0 aliphatic rings. The fourth-order valence-electron chi connectivity index (χ4n) is 2.60. The average molecular weight is 411 g/mol. The predicted octanol–water partition coefficient (Wildman–Crippen LogP) is 3.60. The molecule has 2 N–H and O–H groups in total. The van der Waals surface area contributed by atoms with Crippen LogP contribution in [0.1, 0.15) is 32.4 Å². The van der Waals surface area contributed by atoms with Crippen molar-refractivity contribution >= 4 is 21.4 Å². The average Bonchev–Trinajstić information content (AvgIpc) is 2.60. The highest BCUT2D eigenvalue weighted by Crippen LogP contribution is 2.31. The molecule has 0 saturated carbocycles. The smallest absolute Gasteiger partial charge is 0.293 e. The quantitative estimate of drug-likeness (QED) is 0.507. The van der Waals surface area contributed by atoms with Crippen LogP contribution in [0, 0.1) is 15.9 Å². The molecule has 8 nitrogen and oxygen atoms in total. The van der Waals surface area contributed by atoms with Crippen LogP contribution >= 0.6 is 0 Å². The van der Waals surface area contributed by atoms with Gasteiger partial charge in [0.15, 0.2) is 11.6 Å². The Hall–Kier alpha value is -2.72. The molecule has 0 aromatic heterocycles. The molecule has 2 aromatic carbocycles. The van der Waals surface area contributed by atoms with Gasteiger partial charge in [0.05, 0.1) is 16.9 Å². The third kappa shape index (κ3) is 4.96. The van der Waals surface area contributed by atoms with Crippen LogP contribution in [-0.4, -0.2) is 26.5 Å². The van der Waals surface area contributed by atoms with E-state index in [1.807, 2.05) is 0 Å². The Labute approximate surface area is 162 Å². The molecule has 10 heteroatoms. The summed E-state index contributed by atoms with van der Waals surface area (Å²) in [5.74, 6) is -0.460. The summed E-state index contributed by atoms with van der Waals surface area (Å²) in [6.07, 6.45) is 0. The second-order valence-corrected chi connectivity index (χ2v) is 8.19. The van der Waals surface area contributed by atoms with Crippen molar-refractivity contribution in [1.29, 1.82) is 0 Å². The lowest BCUT2D eigenvalue weighted by Crippen LogP contribution is -2.30. The zero-order valence-electron chi connectivity index (χ0n) is 15.9. The number of halogens is 1. The van der Waals surface area contributed by atoms with Crippen molar-refractivity contribution in [2.24, 2.45) is 0 Å². The van der Waals surface area contributed by atoms with Crippen molar-refractivity contribution in [2.45, 2.75) is 37.8 Å². The van der Waals surface area contributed by atoms with Crippen LogP contribution in [0.4, 0.5) is 15.8 Å². The van der Waals surface area contributed by atoms with E-state index in [1.165, 1.54) is 31.4 Å². The van der Waals surface area contributed by atoms with Crippen molar-refractivity contribution in [2.75, 3.05) is 12.4 Å². The SMILES string of the molecule is COc1ccc([C@H](C)Nc2ccc(S(=O)(=O)NC(C)C)cc2[N+](=O)[O-])cc1F. The zero-order valence-corrected chi connectivity index (χ0v) is 16.7. The largest absolute Gasteiger partial charge is 0.494 e. The van der Waals surface area contributed by atoms with E-state index in [2.05, 4.69) is 10.0 Å².